The lowest BCUT2D eigenvalue weighted by molar-refractivity contribution is -0.139. The molecule has 1 aromatic heterocycles. The number of hydrogen-bond acceptors (Lipinski definition) is 6. The standard InChI is InChI=1S/C21H18Br2ClN3O5/c1-10(2)20-26-14-5-4-12(22)7-13(14)21(30)27(20)25-8-11-6-15(31-3)19(18(24)17(11)23)32-9-16(28)29/h4-8,10H,9H2,1-3H3,(H,28,29). The number of carboxylic acid groups (broad SMARTS) is 1. The van der Waals surface area contributed by atoms with Crippen LogP contribution in [0.4, 0.5) is 0 Å². The van der Waals surface area contributed by atoms with Crippen LogP contribution in [0, 0.1) is 0 Å². The van der Waals surface area contributed by atoms with E-state index in [1.54, 1.807) is 18.2 Å². The number of halogens is 3. The second-order valence-electron chi connectivity index (χ2n) is 6.96. The molecule has 8 nitrogen and oxygen atoms in total. The van der Waals surface area contributed by atoms with Crippen molar-refractivity contribution >= 4 is 66.5 Å². The molecule has 0 radical (unpaired) electrons. The Kier molecular flexibility index (Phi) is 7.58. The monoisotopic (exact) mass is 585 g/mol. The molecule has 0 saturated heterocycles. The first kappa shape index (κ1) is 24.2. The van der Waals surface area contributed by atoms with Gasteiger partial charge in [0.05, 0.1) is 24.2 Å². The highest BCUT2D eigenvalue weighted by Crippen LogP contribution is 2.42. The van der Waals surface area contributed by atoms with E-state index < -0.39 is 12.6 Å². The maximum atomic E-state index is 13.2. The van der Waals surface area contributed by atoms with Crippen molar-refractivity contribution in [1.29, 1.82) is 0 Å². The van der Waals surface area contributed by atoms with Gasteiger partial charge in [0.2, 0.25) is 0 Å². The number of rotatable bonds is 7. The Morgan fingerprint density at radius 3 is 2.69 bits per heavy atom. The molecule has 0 atom stereocenters. The van der Waals surface area contributed by atoms with Crippen LogP contribution >= 0.6 is 43.5 Å². The van der Waals surface area contributed by atoms with E-state index in [2.05, 4.69) is 41.9 Å². The van der Waals surface area contributed by atoms with Crippen molar-refractivity contribution in [3.63, 3.8) is 0 Å². The fraction of sp³-hybridized carbons (Fsp3) is 0.238. The predicted molar refractivity (Wildman–Crippen MR) is 130 cm³/mol. The molecule has 3 rings (SSSR count). The molecule has 1 heterocycles. The molecule has 0 saturated carbocycles. The van der Waals surface area contributed by atoms with Gasteiger partial charge in [-0.15, -0.1) is 0 Å². The van der Waals surface area contributed by atoms with Gasteiger partial charge in [-0.1, -0.05) is 41.4 Å². The summed E-state index contributed by atoms with van der Waals surface area (Å²) in [6, 6.07) is 6.87. The first-order valence-electron chi connectivity index (χ1n) is 9.31. The molecule has 3 aromatic rings. The first-order valence-corrected chi connectivity index (χ1v) is 11.3. The average molecular weight is 588 g/mol. The van der Waals surface area contributed by atoms with Crippen molar-refractivity contribution in [2.75, 3.05) is 13.7 Å². The fourth-order valence-corrected chi connectivity index (χ4v) is 3.90. The molecule has 32 heavy (non-hydrogen) atoms. The summed E-state index contributed by atoms with van der Waals surface area (Å²) in [5, 5.41) is 13.8. The van der Waals surface area contributed by atoms with Crippen LogP contribution in [0.1, 0.15) is 31.2 Å². The van der Waals surface area contributed by atoms with Crippen LogP contribution in [0.5, 0.6) is 11.5 Å². The maximum Gasteiger partial charge on any atom is 0.341 e. The average Bonchev–Trinajstić information content (AvgIpc) is 2.74. The summed E-state index contributed by atoms with van der Waals surface area (Å²) in [5.74, 6) is -0.422. The Balaban J connectivity index is 2.14. The highest BCUT2D eigenvalue weighted by atomic mass is 79.9. The van der Waals surface area contributed by atoms with E-state index in [0.717, 1.165) is 4.47 Å². The van der Waals surface area contributed by atoms with Gasteiger partial charge >= 0.3 is 5.97 Å². The van der Waals surface area contributed by atoms with E-state index in [0.29, 0.717) is 26.8 Å². The molecule has 0 aliphatic heterocycles. The molecule has 0 unspecified atom stereocenters. The molecule has 2 aromatic carbocycles. The van der Waals surface area contributed by atoms with Crippen molar-refractivity contribution < 1.29 is 19.4 Å². The highest BCUT2D eigenvalue weighted by Gasteiger charge is 2.19. The van der Waals surface area contributed by atoms with E-state index in [1.807, 2.05) is 19.9 Å². The zero-order valence-electron chi connectivity index (χ0n) is 17.2. The smallest absolute Gasteiger partial charge is 0.341 e. The Labute approximate surface area is 205 Å². The van der Waals surface area contributed by atoms with Crippen molar-refractivity contribution in [1.82, 2.24) is 9.66 Å². The summed E-state index contributed by atoms with van der Waals surface area (Å²) in [7, 11) is 1.40. The summed E-state index contributed by atoms with van der Waals surface area (Å²) < 4.78 is 12.9. The van der Waals surface area contributed by atoms with Crippen molar-refractivity contribution in [3.05, 3.63) is 60.0 Å². The van der Waals surface area contributed by atoms with Gasteiger partial charge in [-0.2, -0.15) is 9.78 Å². The molecule has 1 N–H and O–H groups in total. The van der Waals surface area contributed by atoms with Crippen LogP contribution < -0.4 is 15.0 Å². The Bertz CT molecular complexity index is 1290. The van der Waals surface area contributed by atoms with Gasteiger partial charge in [-0.05, 0) is 40.2 Å². The summed E-state index contributed by atoms with van der Waals surface area (Å²) in [4.78, 5) is 28.6. The minimum atomic E-state index is -1.15. The number of carboxylic acids is 1. The number of aliphatic carboxylic acids is 1. The second kappa shape index (κ2) is 10.0. The Morgan fingerprint density at radius 1 is 1.34 bits per heavy atom. The van der Waals surface area contributed by atoms with Crippen LogP contribution in [-0.4, -0.2) is 40.7 Å². The molecule has 168 valence electrons. The summed E-state index contributed by atoms with van der Waals surface area (Å²) in [6.07, 6.45) is 1.44. The van der Waals surface area contributed by atoms with E-state index in [1.165, 1.54) is 18.0 Å². The minimum Gasteiger partial charge on any atom is -0.493 e. The van der Waals surface area contributed by atoms with E-state index in [4.69, 9.17) is 26.2 Å². The topological polar surface area (TPSA) is 103 Å². The van der Waals surface area contributed by atoms with Gasteiger partial charge < -0.3 is 14.6 Å². The summed E-state index contributed by atoms with van der Waals surface area (Å²) >= 11 is 13.1. The molecule has 0 aliphatic rings. The van der Waals surface area contributed by atoms with Crippen LogP contribution in [0.2, 0.25) is 5.02 Å². The van der Waals surface area contributed by atoms with Gasteiger partial charge in [0.15, 0.2) is 18.1 Å². The number of hydrogen-bond donors (Lipinski definition) is 1. The molecule has 0 aliphatic carbocycles. The van der Waals surface area contributed by atoms with Gasteiger partial charge in [-0.25, -0.2) is 9.78 Å². The first-order chi connectivity index (χ1) is 15.1. The highest BCUT2D eigenvalue weighted by molar-refractivity contribution is 9.10. The molecule has 0 amide bonds. The lowest BCUT2D eigenvalue weighted by Gasteiger charge is -2.14. The number of aromatic nitrogens is 2. The second-order valence-corrected chi connectivity index (χ2v) is 9.04. The third kappa shape index (κ3) is 4.97. The Morgan fingerprint density at radius 2 is 2.06 bits per heavy atom. The third-order valence-electron chi connectivity index (χ3n) is 4.38. The van der Waals surface area contributed by atoms with Gasteiger partial charge in [0, 0.05) is 20.4 Å². The number of nitrogens with zero attached hydrogens (tertiary/aromatic N) is 3. The normalized spacial score (nSPS) is 11.5. The molecular formula is C21H18Br2ClN3O5. The van der Waals surface area contributed by atoms with Crippen molar-refractivity contribution in [2.24, 2.45) is 5.10 Å². The summed E-state index contributed by atoms with van der Waals surface area (Å²) in [6.45, 7) is 3.26. The van der Waals surface area contributed by atoms with Crippen LogP contribution in [0.15, 0.2) is 43.1 Å². The summed E-state index contributed by atoms with van der Waals surface area (Å²) in [5.41, 5.74) is 0.761. The SMILES string of the molecule is COc1cc(C=Nn2c(C(C)C)nc3ccc(Br)cc3c2=O)c(Br)c(Cl)c1OCC(=O)O. The Hall–Kier alpha value is -2.43. The lowest BCUT2D eigenvalue weighted by Crippen LogP contribution is -2.23. The zero-order chi connectivity index (χ0) is 23.6. The van der Waals surface area contributed by atoms with Crippen LogP contribution in [-0.2, 0) is 4.79 Å². The predicted octanol–water partition coefficient (Wildman–Crippen LogP) is 5.05. The molecule has 0 spiro atoms. The zero-order valence-corrected chi connectivity index (χ0v) is 21.2. The van der Waals surface area contributed by atoms with Crippen molar-refractivity contribution in [3.8, 4) is 11.5 Å². The van der Waals surface area contributed by atoms with Crippen LogP contribution in [0.3, 0.4) is 0 Å². The van der Waals surface area contributed by atoms with E-state index >= 15 is 0 Å². The number of methoxy groups -OCH3 is 1. The molecule has 11 heteroatoms. The minimum absolute atomic E-state index is 0.0683. The van der Waals surface area contributed by atoms with Crippen molar-refractivity contribution in [2.45, 2.75) is 19.8 Å². The molecule has 0 fully saturated rings. The fourth-order valence-electron chi connectivity index (χ4n) is 2.89. The number of benzene rings is 2. The quantitative estimate of drug-likeness (QED) is 0.388. The van der Waals surface area contributed by atoms with E-state index in [-0.39, 0.29) is 28.0 Å². The molecular weight excluding hydrogens is 570 g/mol. The third-order valence-corrected chi connectivity index (χ3v) is 6.31. The lowest BCUT2D eigenvalue weighted by atomic mass is 10.2. The number of fused-ring (bicyclic) bond motifs is 1. The van der Waals surface area contributed by atoms with Crippen LogP contribution in [0.25, 0.3) is 10.9 Å². The molecule has 0 bridgehead atoms. The maximum absolute atomic E-state index is 13.2. The number of carbonyl (C=O) groups is 1. The van der Waals surface area contributed by atoms with Gasteiger partial charge in [-0.3, -0.25) is 4.79 Å². The van der Waals surface area contributed by atoms with Gasteiger partial charge in [0.25, 0.3) is 5.56 Å². The van der Waals surface area contributed by atoms with E-state index in [9.17, 15) is 9.59 Å². The number of ether oxygens (including phenoxy) is 2. The van der Waals surface area contributed by atoms with Gasteiger partial charge in [0.1, 0.15) is 10.8 Å². The largest absolute Gasteiger partial charge is 0.493 e.